The minimum absolute atomic E-state index is 0.0308. The van der Waals surface area contributed by atoms with Gasteiger partial charge in [-0.1, -0.05) is 29.5 Å². The monoisotopic (exact) mass is 490 g/mol. The molecule has 3 aromatic rings. The summed E-state index contributed by atoms with van der Waals surface area (Å²) in [5.74, 6) is -0.825. The highest BCUT2D eigenvalue weighted by Crippen LogP contribution is 2.48. The van der Waals surface area contributed by atoms with Gasteiger partial charge in [0.2, 0.25) is 0 Å². The first-order valence-corrected chi connectivity index (χ1v) is 12.7. The molecule has 8 heteroatoms. The largest absolute Gasteiger partial charge is 0.481 e. The number of carboxylic acid groups (broad SMARTS) is 1. The molecule has 3 unspecified atom stereocenters. The fraction of sp³-hybridized carbons (Fsp3) is 0.500. The van der Waals surface area contributed by atoms with E-state index in [1.807, 2.05) is 56.3 Å². The van der Waals surface area contributed by atoms with Crippen LogP contribution in [0, 0.1) is 12.8 Å². The number of fused-ring (bicyclic) bond motifs is 4. The van der Waals surface area contributed by atoms with E-state index >= 15 is 0 Å². The minimum Gasteiger partial charge on any atom is -0.481 e. The van der Waals surface area contributed by atoms with Crippen LogP contribution in [0.5, 0.6) is 0 Å². The highest BCUT2D eigenvalue weighted by atomic mass is 16.6. The maximum Gasteiger partial charge on any atom is 0.410 e. The van der Waals surface area contributed by atoms with Gasteiger partial charge in [0.05, 0.1) is 18.0 Å². The van der Waals surface area contributed by atoms with Gasteiger partial charge in [0.1, 0.15) is 11.1 Å². The molecule has 1 fully saturated rings. The molecule has 2 aromatic carbocycles. The molecule has 0 spiro atoms. The number of carboxylic acids is 1. The Kier molecular flexibility index (Phi) is 6.01. The van der Waals surface area contributed by atoms with Crippen molar-refractivity contribution >= 4 is 23.1 Å². The van der Waals surface area contributed by atoms with E-state index < -0.39 is 11.6 Å². The second-order valence-corrected chi connectivity index (χ2v) is 11.0. The number of benzene rings is 2. The van der Waals surface area contributed by atoms with Crippen molar-refractivity contribution in [3.63, 3.8) is 0 Å². The van der Waals surface area contributed by atoms with Crippen LogP contribution in [-0.4, -0.2) is 49.2 Å². The summed E-state index contributed by atoms with van der Waals surface area (Å²) in [6.07, 6.45) is 1.55. The average molecular weight is 491 g/mol. The van der Waals surface area contributed by atoms with Crippen LogP contribution in [0.3, 0.4) is 0 Å². The molecule has 36 heavy (non-hydrogen) atoms. The van der Waals surface area contributed by atoms with Crippen molar-refractivity contribution in [2.75, 3.05) is 6.54 Å². The van der Waals surface area contributed by atoms with Crippen LogP contribution in [0.15, 0.2) is 30.3 Å². The predicted molar refractivity (Wildman–Crippen MR) is 136 cm³/mol. The fourth-order valence-electron chi connectivity index (χ4n) is 5.97. The summed E-state index contributed by atoms with van der Waals surface area (Å²) < 4.78 is 7.55. The van der Waals surface area contributed by atoms with Crippen LogP contribution in [0.2, 0.25) is 0 Å². The van der Waals surface area contributed by atoms with E-state index in [2.05, 4.69) is 28.5 Å². The Morgan fingerprint density at radius 1 is 1.22 bits per heavy atom. The van der Waals surface area contributed by atoms with Crippen LogP contribution in [0.25, 0.3) is 11.0 Å². The second-order valence-electron chi connectivity index (χ2n) is 11.0. The summed E-state index contributed by atoms with van der Waals surface area (Å²) in [4.78, 5) is 26.8. The van der Waals surface area contributed by atoms with Gasteiger partial charge in [-0.25, -0.2) is 9.48 Å². The lowest BCUT2D eigenvalue weighted by molar-refractivity contribution is -0.137. The van der Waals surface area contributed by atoms with Gasteiger partial charge >= 0.3 is 12.1 Å². The van der Waals surface area contributed by atoms with Crippen LogP contribution in [0.1, 0.15) is 80.3 Å². The summed E-state index contributed by atoms with van der Waals surface area (Å²) in [6.45, 7) is 11.1. The van der Waals surface area contributed by atoms with Crippen LogP contribution < -0.4 is 0 Å². The van der Waals surface area contributed by atoms with E-state index in [0.29, 0.717) is 12.5 Å². The number of ether oxygens (including phenoxy) is 1. The number of hydrogen-bond donors (Lipinski definition) is 1. The lowest BCUT2D eigenvalue weighted by Crippen LogP contribution is -2.36. The van der Waals surface area contributed by atoms with E-state index in [4.69, 9.17) is 4.74 Å². The predicted octanol–water partition coefficient (Wildman–Crippen LogP) is 5.22. The van der Waals surface area contributed by atoms with Gasteiger partial charge in [0.15, 0.2) is 0 Å². The number of hydrogen-bond acceptors (Lipinski definition) is 5. The summed E-state index contributed by atoms with van der Waals surface area (Å²) in [6, 6.07) is 10.3. The van der Waals surface area contributed by atoms with Crippen LogP contribution in [0.4, 0.5) is 4.79 Å². The highest BCUT2D eigenvalue weighted by Gasteiger charge is 2.45. The molecule has 1 aliphatic heterocycles. The van der Waals surface area contributed by atoms with E-state index in [9.17, 15) is 14.7 Å². The molecule has 1 aromatic heterocycles. The molecule has 3 atom stereocenters. The van der Waals surface area contributed by atoms with Crippen molar-refractivity contribution in [1.29, 1.82) is 0 Å². The van der Waals surface area contributed by atoms with Gasteiger partial charge in [-0.05, 0) is 87.3 Å². The Balaban J connectivity index is 1.54. The molecule has 2 aliphatic rings. The smallest absolute Gasteiger partial charge is 0.410 e. The first-order chi connectivity index (χ1) is 17.1. The van der Waals surface area contributed by atoms with Gasteiger partial charge in [-0.15, -0.1) is 5.10 Å². The molecular weight excluding hydrogens is 456 g/mol. The Bertz CT molecular complexity index is 1340. The van der Waals surface area contributed by atoms with E-state index in [-0.39, 0.29) is 24.5 Å². The zero-order chi connectivity index (χ0) is 25.8. The lowest BCUT2D eigenvalue weighted by atomic mass is 9.84. The zero-order valence-electron chi connectivity index (χ0n) is 21.6. The van der Waals surface area contributed by atoms with E-state index in [0.717, 1.165) is 52.7 Å². The van der Waals surface area contributed by atoms with Gasteiger partial charge < -0.3 is 14.7 Å². The first-order valence-electron chi connectivity index (χ1n) is 12.7. The molecule has 0 radical (unpaired) electrons. The average Bonchev–Trinajstić information content (AvgIpc) is 3.49. The van der Waals surface area contributed by atoms with Crippen molar-refractivity contribution in [2.24, 2.45) is 5.92 Å². The number of aryl methyl sites for hydroxylation is 2. The number of likely N-dealkylation sites (tertiary alicyclic amines) is 1. The molecular formula is C28H34N4O4. The molecule has 0 saturated carbocycles. The molecule has 5 rings (SSSR count). The van der Waals surface area contributed by atoms with Crippen molar-refractivity contribution in [2.45, 2.75) is 78.0 Å². The Hall–Kier alpha value is -3.42. The summed E-state index contributed by atoms with van der Waals surface area (Å²) in [7, 11) is 0. The number of carbonyl (C=O) groups excluding carboxylic acids is 1. The van der Waals surface area contributed by atoms with Crippen molar-refractivity contribution in [1.82, 2.24) is 19.9 Å². The quantitative estimate of drug-likeness (QED) is 0.527. The molecule has 1 amide bonds. The maximum absolute atomic E-state index is 13.0. The van der Waals surface area contributed by atoms with E-state index in [1.54, 1.807) is 0 Å². The van der Waals surface area contributed by atoms with Gasteiger partial charge in [0, 0.05) is 19.0 Å². The van der Waals surface area contributed by atoms with Crippen molar-refractivity contribution in [3.05, 3.63) is 58.1 Å². The Labute approximate surface area is 211 Å². The van der Waals surface area contributed by atoms with Crippen molar-refractivity contribution < 1.29 is 19.4 Å². The number of rotatable bonds is 5. The third-order valence-electron chi connectivity index (χ3n) is 7.56. The summed E-state index contributed by atoms with van der Waals surface area (Å²) in [5, 5.41) is 18.4. The lowest BCUT2D eigenvalue weighted by Gasteiger charge is -2.29. The first kappa shape index (κ1) is 24.3. The Morgan fingerprint density at radius 3 is 2.69 bits per heavy atom. The SMILES string of the molecule is CCn1nnc2c(C)c(C(CC(=O)O)c3ccc4c(c3)C3C(CCN3C(=O)OC(C)(C)C)C4)ccc21. The van der Waals surface area contributed by atoms with Crippen molar-refractivity contribution in [3.8, 4) is 0 Å². The molecule has 0 bridgehead atoms. The third kappa shape index (κ3) is 4.22. The van der Waals surface area contributed by atoms with E-state index in [1.165, 1.54) is 5.56 Å². The second kappa shape index (κ2) is 8.91. The number of carbonyl (C=O) groups is 2. The standard InChI is InChI=1S/C28H34N4O4/c1-6-32-23-10-9-20(16(2)25(23)29-30-32)21(15-24(33)34)18-8-7-17-13-19-11-12-31(26(19)22(17)14-18)27(35)36-28(3,4)5/h7-10,14,19,21,26H,6,11-13,15H2,1-5H3,(H,33,34). The van der Waals surface area contributed by atoms with Crippen LogP contribution >= 0.6 is 0 Å². The van der Waals surface area contributed by atoms with Crippen LogP contribution in [-0.2, 0) is 22.5 Å². The fourth-order valence-corrected chi connectivity index (χ4v) is 5.97. The molecule has 8 nitrogen and oxygen atoms in total. The van der Waals surface area contributed by atoms with Gasteiger partial charge in [0.25, 0.3) is 0 Å². The zero-order valence-corrected chi connectivity index (χ0v) is 21.6. The summed E-state index contributed by atoms with van der Waals surface area (Å²) in [5.41, 5.74) is 6.38. The number of aromatic nitrogens is 3. The van der Waals surface area contributed by atoms with Gasteiger partial charge in [-0.3, -0.25) is 4.79 Å². The molecule has 1 N–H and O–H groups in total. The molecule has 1 aliphatic carbocycles. The molecule has 2 heterocycles. The third-order valence-corrected chi connectivity index (χ3v) is 7.56. The molecule has 1 saturated heterocycles. The summed E-state index contributed by atoms with van der Waals surface area (Å²) >= 11 is 0. The Morgan fingerprint density at radius 2 is 2.00 bits per heavy atom. The number of aliphatic carboxylic acids is 1. The number of amides is 1. The minimum atomic E-state index is -0.855. The molecule has 190 valence electrons. The highest BCUT2D eigenvalue weighted by molar-refractivity contribution is 5.80. The normalized spacial score (nSPS) is 19.9. The maximum atomic E-state index is 13.0. The topological polar surface area (TPSA) is 97.5 Å². The van der Waals surface area contributed by atoms with Gasteiger partial charge in [-0.2, -0.15) is 0 Å². The number of nitrogens with zero attached hydrogens (tertiary/aromatic N) is 4.